The summed E-state index contributed by atoms with van der Waals surface area (Å²) < 4.78 is 1.01. The zero-order valence-electron chi connectivity index (χ0n) is 11.1. The molecule has 1 fully saturated rings. The molecule has 0 aliphatic carbocycles. The van der Waals surface area contributed by atoms with Crippen LogP contribution in [0.4, 0.5) is 0 Å². The van der Waals surface area contributed by atoms with Gasteiger partial charge >= 0.3 is 0 Å². The lowest BCUT2D eigenvalue weighted by molar-refractivity contribution is 0.0688. The second-order valence-electron chi connectivity index (χ2n) is 5.06. The Bertz CT molecular complexity index is 436. The van der Waals surface area contributed by atoms with E-state index in [4.69, 9.17) is 0 Å². The smallest absolute Gasteiger partial charge is 0.254 e. The van der Waals surface area contributed by atoms with E-state index in [-0.39, 0.29) is 5.91 Å². The van der Waals surface area contributed by atoms with E-state index >= 15 is 0 Å². The van der Waals surface area contributed by atoms with Crippen molar-refractivity contribution in [3.05, 3.63) is 33.8 Å². The summed E-state index contributed by atoms with van der Waals surface area (Å²) >= 11 is 3.49. The molecule has 1 aliphatic heterocycles. The largest absolute Gasteiger partial charge is 0.339 e. The maximum atomic E-state index is 12.5. The van der Waals surface area contributed by atoms with Crippen molar-refractivity contribution >= 4 is 21.8 Å². The van der Waals surface area contributed by atoms with Crippen molar-refractivity contribution in [2.45, 2.75) is 33.1 Å². The van der Waals surface area contributed by atoms with Gasteiger partial charge in [0.2, 0.25) is 0 Å². The van der Waals surface area contributed by atoms with E-state index in [2.05, 4.69) is 22.9 Å². The van der Waals surface area contributed by atoms with E-state index in [1.807, 2.05) is 30.0 Å². The van der Waals surface area contributed by atoms with Crippen molar-refractivity contribution in [3.63, 3.8) is 0 Å². The van der Waals surface area contributed by atoms with E-state index in [1.54, 1.807) is 0 Å². The molecule has 1 heterocycles. The highest BCUT2D eigenvalue weighted by Gasteiger charge is 2.23. The Labute approximate surface area is 117 Å². The number of likely N-dealkylation sites (tertiary alicyclic amines) is 1. The molecule has 0 bridgehead atoms. The van der Waals surface area contributed by atoms with Gasteiger partial charge in [0.05, 0.1) is 0 Å². The molecule has 18 heavy (non-hydrogen) atoms. The van der Waals surface area contributed by atoms with Gasteiger partial charge in [0.15, 0.2) is 0 Å². The predicted molar refractivity (Wildman–Crippen MR) is 77.8 cm³/mol. The van der Waals surface area contributed by atoms with Crippen LogP contribution in [0, 0.1) is 12.8 Å². The molecule has 0 N–H and O–H groups in total. The molecule has 1 saturated heterocycles. The SMILES string of the molecule is CCC1CCN(C(=O)c2cccc(Br)c2C)CC1. The van der Waals surface area contributed by atoms with Crippen molar-refractivity contribution < 1.29 is 4.79 Å². The first-order valence-electron chi connectivity index (χ1n) is 6.68. The Morgan fingerprint density at radius 3 is 2.67 bits per heavy atom. The zero-order valence-corrected chi connectivity index (χ0v) is 12.7. The van der Waals surface area contributed by atoms with Gasteiger partial charge in [-0.1, -0.05) is 35.3 Å². The van der Waals surface area contributed by atoms with Gasteiger partial charge in [0.25, 0.3) is 5.91 Å². The van der Waals surface area contributed by atoms with E-state index in [1.165, 1.54) is 6.42 Å². The van der Waals surface area contributed by atoms with Crippen LogP contribution in [0.15, 0.2) is 22.7 Å². The van der Waals surface area contributed by atoms with Crippen LogP contribution in [0.3, 0.4) is 0 Å². The molecule has 2 nitrogen and oxygen atoms in total. The highest BCUT2D eigenvalue weighted by atomic mass is 79.9. The lowest BCUT2D eigenvalue weighted by Crippen LogP contribution is -2.38. The number of carbonyl (C=O) groups excluding carboxylic acids is 1. The molecular formula is C15H20BrNO. The Kier molecular flexibility index (Phi) is 4.44. The monoisotopic (exact) mass is 309 g/mol. The predicted octanol–water partition coefficient (Wildman–Crippen LogP) is 4.02. The normalized spacial score (nSPS) is 16.9. The average molecular weight is 310 g/mol. The fraction of sp³-hybridized carbons (Fsp3) is 0.533. The number of halogens is 1. The Balaban J connectivity index is 2.10. The topological polar surface area (TPSA) is 20.3 Å². The quantitative estimate of drug-likeness (QED) is 0.808. The number of benzene rings is 1. The van der Waals surface area contributed by atoms with Crippen molar-refractivity contribution in [2.75, 3.05) is 13.1 Å². The number of piperidine rings is 1. The number of hydrogen-bond acceptors (Lipinski definition) is 1. The Hall–Kier alpha value is -0.830. The highest BCUT2D eigenvalue weighted by molar-refractivity contribution is 9.10. The molecule has 0 aromatic heterocycles. The van der Waals surface area contributed by atoms with Crippen LogP contribution >= 0.6 is 15.9 Å². The summed E-state index contributed by atoms with van der Waals surface area (Å²) in [6.07, 6.45) is 3.53. The molecule has 0 unspecified atom stereocenters. The molecule has 2 rings (SSSR count). The van der Waals surface area contributed by atoms with Crippen LogP contribution in [-0.4, -0.2) is 23.9 Å². The molecule has 0 radical (unpaired) electrons. The van der Waals surface area contributed by atoms with Gasteiger partial charge in [-0.25, -0.2) is 0 Å². The summed E-state index contributed by atoms with van der Waals surface area (Å²) in [5, 5.41) is 0. The Morgan fingerprint density at radius 1 is 1.39 bits per heavy atom. The Morgan fingerprint density at radius 2 is 2.06 bits per heavy atom. The second kappa shape index (κ2) is 5.87. The van der Waals surface area contributed by atoms with Gasteiger partial charge in [-0.05, 0) is 43.4 Å². The van der Waals surface area contributed by atoms with Gasteiger partial charge in [-0.15, -0.1) is 0 Å². The molecule has 1 aromatic carbocycles. The van der Waals surface area contributed by atoms with Crippen molar-refractivity contribution in [1.29, 1.82) is 0 Å². The first-order chi connectivity index (χ1) is 8.63. The number of carbonyl (C=O) groups is 1. The summed E-state index contributed by atoms with van der Waals surface area (Å²) in [6.45, 7) is 6.04. The third kappa shape index (κ3) is 2.77. The van der Waals surface area contributed by atoms with Gasteiger partial charge in [0, 0.05) is 23.1 Å². The lowest BCUT2D eigenvalue weighted by atomic mass is 9.94. The summed E-state index contributed by atoms with van der Waals surface area (Å²) in [7, 11) is 0. The summed E-state index contributed by atoms with van der Waals surface area (Å²) in [5.74, 6) is 0.987. The molecule has 1 amide bonds. The molecule has 3 heteroatoms. The van der Waals surface area contributed by atoms with Gasteiger partial charge < -0.3 is 4.90 Å². The van der Waals surface area contributed by atoms with Crippen LogP contribution in [0.5, 0.6) is 0 Å². The zero-order chi connectivity index (χ0) is 13.1. The standard InChI is InChI=1S/C15H20BrNO/c1-3-12-7-9-17(10-8-12)15(18)13-5-4-6-14(16)11(13)2/h4-6,12H,3,7-10H2,1-2H3. The van der Waals surface area contributed by atoms with Crippen LogP contribution in [0.25, 0.3) is 0 Å². The molecule has 98 valence electrons. The summed E-state index contributed by atoms with van der Waals surface area (Å²) in [5.41, 5.74) is 1.87. The van der Waals surface area contributed by atoms with Crippen molar-refractivity contribution in [1.82, 2.24) is 4.90 Å². The summed E-state index contributed by atoms with van der Waals surface area (Å²) in [6, 6.07) is 5.84. The molecule has 0 atom stereocenters. The van der Waals surface area contributed by atoms with Gasteiger partial charge in [-0.3, -0.25) is 4.79 Å². The number of hydrogen-bond donors (Lipinski definition) is 0. The van der Waals surface area contributed by atoms with Crippen molar-refractivity contribution in [2.24, 2.45) is 5.92 Å². The van der Waals surface area contributed by atoms with Crippen LogP contribution in [0.1, 0.15) is 42.1 Å². The van der Waals surface area contributed by atoms with E-state index in [9.17, 15) is 4.79 Å². The van der Waals surface area contributed by atoms with Crippen molar-refractivity contribution in [3.8, 4) is 0 Å². The molecule has 0 spiro atoms. The van der Waals surface area contributed by atoms with Crippen LogP contribution in [-0.2, 0) is 0 Å². The molecular weight excluding hydrogens is 290 g/mol. The molecule has 0 saturated carbocycles. The van der Waals surface area contributed by atoms with Crippen LogP contribution < -0.4 is 0 Å². The fourth-order valence-corrected chi connectivity index (χ4v) is 2.92. The molecule has 1 aromatic rings. The number of nitrogens with zero attached hydrogens (tertiary/aromatic N) is 1. The minimum atomic E-state index is 0.184. The third-order valence-corrected chi connectivity index (χ3v) is 4.84. The van der Waals surface area contributed by atoms with E-state index in [0.717, 1.165) is 47.4 Å². The highest BCUT2D eigenvalue weighted by Crippen LogP contribution is 2.24. The average Bonchev–Trinajstić information content (AvgIpc) is 2.41. The second-order valence-corrected chi connectivity index (χ2v) is 5.91. The maximum absolute atomic E-state index is 12.5. The third-order valence-electron chi connectivity index (χ3n) is 3.98. The van der Waals surface area contributed by atoms with Gasteiger partial charge in [-0.2, -0.15) is 0 Å². The first-order valence-corrected chi connectivity index (χ1v) is 7.47. The van der Waals surface area contributed by atoms with Gasteiger partial charge in [0.1, 0.15) is 0 Å². The fourth-order valence-electron chi connectivity index (χ4n) is 2.55. The number of amides is 1. The lowest BCUT2D eigenvalue weighted by Gasteiger charge is -2.32. The van der Waals surface area contributed by atoms with Crippen LogP contribution in [0.2, 0.25) is 0 Å². The first kappa shape index (κ1) is 13.6. The summed E-state index contributed by atoms with van der Waals surface area (Å²) in [4.78, 5) is 14.5. The molecule has 1 aliphatic rings. The number of rotatable bonds is 2. The minimum Gasteiger partial charge on any atom is -0.339 e. The van der Waals surface area contributed by atoms with E-state index in [0.29, 0.717) is 0 Å². The van der Waals surface area contributed by atoms with E-state index < -0.39 is 0 Å². The minimum absolute atomic E-state index is 0.184. The maximum Gasteiger partial charge on any atom is 0.254 e.